The van der Waals surface area contributed by atoms with Gasteiger partial charge in [0.05, 0.1) is 24.7 Å². The van der Waals surface area contributed by atoms with E-state index in [1.165, 1.54) is 11.8 Å². The second kappa shape index (κ2) is 7.37. The van der Waals surface area contributed by atoms with Crippen molar-refractivity contribution in [3.05, 3.63) is 24.3 Å². The minimum atomic E-state index is -3.06. The Labute approximate surface area is 152 Å². The first-order valence-electron chi connectivity index (χ1n) is 8.35. The molecule has 2 heterocycles. The lowest BCUT2D eigenvalue weighted by atomic mass is 10.2. The summed E-state index contributed by atoms with van der Waals surface area (Å²) in [5.41, 5.74) is 0.804. The molecule has 8 heteroatoms. The monoisotopic (exact) mass is 382 g/mol. The maximum absolute atomic E-state index is 12.1. The highest BCUT2D eigenvalue weighted by Crippen LogP contribution is 2.41. The van der Waals surface area contributed by atoms with Gasteiger partial charge < -0.3 is 9.64 Å². The smallest absolute Gasteiger partial charge is 0.248 e. The van der Waals surface area contributed by atoms with E-state index < -0.39 is 9.84 Å². The van der Waals surface area contributed by atoms with E-state index in [4.69, 9.17) is 4.74 Å². The van der Waals surface area contributed by atoms with Gasteiger partial charge in [-0.25, -0.2) is 8.42 Å². The molecule has 0 unspecified atom stereocenters. The summed E-state index contributed by atoms with van der Waals surface area (Å²) in [5.74, 6) is 0.748. The molecule has 3 rings (SSSR count). The Hall–Kier alpha value is -1.54. The maximum atomic E-state index is 12.1. The standard InChI is InChI=1S/C17H22N2O4S2/c1-3-4-8-16(20)18-17-19(12-6-5-7-13(9-12)23-2)14-10-25(21,22)11-15(14)24-17/h5-7,9,14-15H,3-4,8,10-11H2,1-2H3/t14-,15+/m1/s1. The quantitative estimate of drug-likeness (QED) is 0.779. The van der Waals surface area contributed by atoms with E-state index in [2.05, 4.69) is 4.99 Å². The Morgan fingerprint density at radius 3 is 2.92 bits per heavy atom. The summed E-state index contributed by atoms with van der Waals surface area (Å²) in [5, 5.41) is 0.508. The van der Waals surface area contributed by atoms with Gasteiger partial charge in [-0.1, -0.05) is 31.2 Å². The number of ether oxygens (including phenoxy) is 1. The van der Waals surface area contributed by atoms with Crippen LogP contribution in [-0.4, -0.2) is 49.4 Å². The van der Waals surface area contributed by atoms with E-state index in [1.807, 2.05) is 36.1 Å². The van der Waals surface area contributed by atoms with Gasteiger partial charge in [0.2, 0.25) is 5.91 Å². The molecule has 0 spiro atoms. The molecule has 0 bridgehead atoms. The predicted octanol–water partition coefficient (Wildman–Crippen LogP) is 2.49. The molecule has 0 radical (unpaired) electrons. The van der Waals surface area contributed by atoms with Crippen LogP contribution in [0.4, 0.5) is 5.69 Å². The largest absolute Gasteiger partial charge is 0.497 e. The number of rotatable bonds is 5. The molecule has 2 saturated heterocycles. The van der Waals surface area contributed by atoms with Crippen molar-refractivity contribution in [1.29, 1.82) is 0 Å². The van der Waals surface area contributed by atoms with Crippen LogP contribution in [0.1, 0.15) is 26.2 Å². The SMILES string of the molecule is CCCCC(=O)N=C1S[C@H]2CS(=O)(=O)C[C@H]2N1c1cccc(OC)c1. The molecular weight excluding hydrogens is 360 g/mol. The Morgan fingerprint density at radius 1 is 1.40 bits per heavy atom. The number of methoxy groups -OCH3 is 1. The number of benzene rings is 1. The minimum Gasteiger partial charge on any atom is -0.497 e. The van der Waals surface area contributed by atoms with Gasteiger partial charge >= 0.3 is 0 Å². The normalized spacial score (nSPS) is 26.0. The van der Waals surface area contributed by atoms with Gasteiger partial charge in [-0.05, 0) is 18.6 Å². The van der Waals surface area contributed by atoms with E-state index in [-0.39, 0.29) is 28.7 Å². The first-order chi connectivity index (χ1) is 11.9. The van der Waals surface area contributed by atoms with E-state index in [0.29, 0.717) is 17.3 Å². The summed E-state index contributed by atoms with van der Waals surface area (Å²) < 4.78 is 29.4. The van der Waals surface area contributed by atoms with Crippen LogP contribution in [-0.2, 0) is 14.6 Å². The Kier molecular flexibility index (Phi) is 5.38. The molecule has 2 fully saturated rings. The fraction of sp³-hybridized carbons (Fsp3) is 0.529. The van der Waals surface area contributed by atoms with Crippen molar-refractivity contribution in [2.24, 2.45) is 4.99 Å². The third kappa shape index (κ3) is 4.00. The Bertz CT molecular complexity index is 792. The van der Waals surface area contributed by atoms with Gasteiger partial charge in [-0.2, -0.15) is 4.99 Å². The van der Waals surface area contributed by atoms with Crippen LogP contribution < -0.4 is 9.64 Å². The molecule has 1 aromatic carbocycles. The van der Waals surface area contributed by atoms with Crippen molar-refractivity contribution < 1.29 is 17.9 Å². The molecule has 25 heavy (non-hydrogen) atoms. The van der Waals surface area contributed by atoms with Crippen molar-refractivity contribution in [1.82, 2.24) is 0 Å². The van der Waals surface area contributed by atoms with E-state index in [0.717, 1.165) is 18.5 Å². The number of aliphatic imine (C=N–C) groups is 1. The zero-order chi connectivity index (χ0) is 18.0. The molecule has 0 N–H and O–H groups in total. The molecule has 2 atom stereocenters. The number of unbranched alkanes of at least 4 members (excludes halogenated alkanes) is 1. The van der Waals surface area contributed by atoms with Gasteiger partial charge in [0.25, 0.3) is 0 Å². The van der Waals surface area contributed by atoms with Crippen LogP contribution in [0.25, 0.3) is 0 Å². The number of amides is 1. The number of anilines is 1. The van der Waals surface area contributed by atoms with Crippen molar-refractivity contribution in [2.75, 3.05) is 23.5 Å². The highest BCUT2D eigenvalue weighted by molar-refractivity contribution is 8.16. The van der Waals surface area contributed by atoms with Crippen LogP contribution >= 0.6 is 11.8 Å². The zero-order valence-corrected chi connectivity index (χ0v) is 16.0. The van der Waals surface area contributed by atoms with Crippen molar-refractivity contribution in [3.63, 3.8) is 0 Å². The number of sulfone groups is 1. The first-order valence-corrected chi connectivity index (χ1v) is 11.1. The highest BCUT2D eigenvalue weighted by atomic mass is 32.2. The van der Waals surface area contributed by atoms with Crippen molar-refractivity contribution in [2.45, 2.75) is 37.5 Å². The van der Waals surface area contributed by atoms with Gasteiger partial charge in [0.15, 0.2) is 15.0 Å². The fourth-order valence-electron chi connectivity index (χ4n) is 3.12. The lowest BCUT2D eigenvalue weighted by Gasteiger charge is -2.24. The number of nitrogens with zero attached hydrogens (tertiary/aromatic N) is 2. The van der Waals surface area contributed by atoms with Crippen LogP contribution in [0.15, 0.2) is 29.3 Å². The predicted molar refractivity (Wildman–Crippen MR) is 101 cm³/mol. The Morgan fingerprint density at radius 2 is 2.20 bits per heavy atom. The number of hydrogen-bond acceptors (Lipinski definition) is 5. The molecule has 1 amide bonds. The first kappa shape index (κ1) is 18.3. The summed E-state index contributed by atoms with van der Waals surface area (Å²) in [6.45, 7) is 2.03. The third-order valence-electron chi connectivity index (χ3n) is 4.36. The Balaban J connectivity index is 1.95. The molecule has 0 aliphatic carbocycles. The average Bonchev–Trinajstić information content (AvgIpc) is 3.03. The van der Waals surface area contributed by atoms with Gasteiger partial charge in [-0.3, -0.25) is 4.79 Å². The van der Waals surface area contributed by atoms with Gasteiger partial charge in [0.1, 0.15) is 5.75 Å². The van der Waals surface area contributed by atoms with Gasteiger partial charge in [0, 0.05) is 23.4 Å². The second-order valence-corrected chi connectivity index (χ2v) is 9.62. The van der Waals surface area contributed by atoms with E-state index >= 15 is 0 Å². The molecule has 0 aromatic heterocycles. The molecule has 2 aliphatic rings. The zero-order valence-electron chi connectivity index (χ0n) is 14.3. The molecular formula is C17H22N2O4S2. The fourth-order valence-corrected chi connectivity index (χ4v) is 7.05. The summed E-state index contributed by atoms with van der Waals surface area (Å²) in [6.07, 6.45) is 2.16. The highest BCUT2D eigenvalue weighted by Gasteiger charge is 2.49. The molecule has 0 saturated carbocycles. The van der Waals surface area contributed by atoms with E-state index in [1.54, 1.807) is 7.11 Å². The lowest BCUT2D eigenvalue weighted by Crippen LogP contribution is -2.37. The maximum Gasteiger partial charge on any atom is 0.248 e. The molecule has 1 aromatic rings. The number of hydrogen-bond donors (Lipinski definition) is 0. The summed E-state index contributed by atoms with van der Waals surface area (Å²) in [6, 6.07) is 7.23. The van der Waals surface area contributed by atoms with Crippen LogP contribution in [0, 0.1) is 0 Å². The van der Waals surface area contributed by atoms with Crippen LogP contribution in [0.3, 0.4) is 0 Å². The molecule has 2 aliphatic heterocycles. The molecule has 136 valence electrons. The summed E-state index contributed by atoms with van der Waals surface area (Å²) >= 11 is 1.40. The summed E-state index contributed by atoms with van der Waals surface area (Å²) in [7, 11) is -1.47. The van der Waals surface area contributed by atoms with Gasteiger partial charge in [-0.15, -0.1) is 0 Å². The number of fused-ring (bicyclic) bond motifs is 1. The second-order valence-electron chi connectivity index (χ2n) is 6.26. The average molecular weight is 383 g/mol. The van der Waals surface area contributed by atoms with Crippen molar-refractivity contribution >= 4 is 38.4 Å². The number of carbonyl (C=O) groups is 1. The minimum absolute atomic E-state index is 0.0873. The number of carbonyl (C=O) groups excluding carboxylic acids is 1. The van der Waals surface area contributed by atoms with Crippen LogP contribution in [0.5, 0.6) is 5.75 Å². The lowest BCUT2D eigenvalue weighted by molar-refractivity contribution is -0.117. The van der Waals surface area contributed by atoms with Crippen molar-refractivity contribution in [3.8, 4) is 5.75 Å². The van der Waals surface area contributed by atoms with Crippen LogP contribution in [0.2, 0.25) is 0 Å². The topological polar surface area (TPSA) is 76.0 Å². The summed E-state index contributed by atoms with van der Waals surface area (Å²) in [4.78, 5) is 18.3. The third-order valence-corrected chi connectivity index (χ3v) is 7.57. The van der Waals surface area contributed by atoms with E-state index in [9.17, 15) is 13.2 Å². The number of amidine groups is 1. The number of thioether (sulfide) groups is 1. The molecule has 6 nitrogen and oxygen atoms in total.